The van der Waals surface area contributed by atoms with Crippen LogP contribution >= 0.6 is 11.3 Å². The van der Waals surface area contributed by atoms with Gasteiger partial charge in [0.2, 0.25) is 0 Å². The van der Waals surface area contributed by atoms with E-state index in [1.54, 1.807) is 5.56 Å². The number of thiophene rings is 1. The fourth-order valence-corrected chi connectivity index (χ4v) is 15.2. The Bertz CT molecular complexity index is 2980. The van der Waals surface area contributed by atoms with E-state index >= 15 is 0 Å². The molecule has 0 bridgehead atoms. The van der Waals surface area contributed by atoms with Gasteiger partial charge >= 0.3 is 0 Å². The third-order valence-corrected chi connectivity index (χ3v) is 19.8. The van der Waals surface area contributed by atoms with Crippen LogP contribution < -0.4 is 31.4 Å². The van der Waals surface area contributed by atoms with Crippen molar-refractivity contribution in [2.75, 3.05) is 9.80 Å². The molecule has 0 fully saturated rings. The molecule has 0 N–H and O–H groups in total. The summed E-state index contributed by atoms with van der Waals surface area (Å²) in [6.45, 7) is 44.2. The second kappa shape index (κ2) is 14.0. The third-order valence-electron chi connectivity index (χ3n) is 16.6. The summed E-state index contributed by atoms with van der Waals surface area (Å²) < 4.78 is 1.38. The van der Waals surface area contributed by atoms with Crippen LogP contribution in [0, 0.1) is 6.92 Å². The van der Waals surface area contributed by atoms with Crippen LogP contribution in [0.5, 0.6) is 0 Å². The number of benzene rings is 5. The summed E-state index contributed by atoms with van der Waals surface area (Å²) in [5.74, 6) is 0. The van der Waals surface area contributed by atoms with Gasteiger partial charge in [-0.3, -0.25) is 0 Å². The summed E-state index contributed by atoms with van der Waals surface area (Å²) >= 11 is 2.01. The number of rotatable bonds is 3. The maximum atomic E-state index is 2.79. The van der Waals surface area contributed by atoms with Gasteiger partial charge in [-0.25, -0.2) is 0 Å². The lowest BCUT2D eigenvalue weighted by atomic mass is 9.33. The number of fused-ring (bicyclic) bond motifs is 9. The molecule has 65 heavy (non-hydrogen) atoms. The fraction of sp³-hybridized carbons (Fsp3) is 0.467. The monoisotopic (exact) mass is 895 g/mol. The van der Waals surface area contributed by atoms with E-state index < -0.39 is 8.07 Å². The van der Waals surface area contributed by atoms with Crippen molar-refractivity contribution in [1.29, 1.82) is 0 Å². The first-order chi connectivity index (χ1) is 30.0. The van der Waals surface area contributed by atoms with Crippen molar-refractivity contribution in [3.63, 3.8) is 0 Å². The minimum absolute atomic E-state index is 0.00519. The molecule has 0 atom stereocenters. The quantitative estimate of drug-likeness (QED) is 0.163. The van der Waals surface area contributed by atoms with Crippen LogP contribution in [0.3, 0.4) is 0 Å². The molecule has 5 heteroatoms. The first kappa shape index (κ1) is 44.8. The summed E-state index contributed by atoms with van der Waals surface area (Å²) in [7, 11) is -1.88. The SMILES string of the molecule is Cc1cc2c3c(c1)N(c1ccc4c(c1)C(C)(C)CCC4(C)C)c1c(ccc4c1C(C)(C)CCC4(C)C)B3c1c(sc3ccc(C(C)(C)C)cc13)N2c1ccc(C(C)(C)C)cc1[Si](C)(C)C. The summed E-state index contributed by atoms with van der Waals surface area (Å²) in [5.41, 5.74) is 21.8. The first-order valence-electron chi connectivity index (χ1n) is 24.8. The molecule has 0 amide bonds. The number of nitrogens with zero attached hydrogens (tertiary/aromatic N) is 2. The van der Waals surface area contributed by atoms with Crippen LogP contribution in [-0.4, -0.2) is 14.8 Å². The Balaban J connectivity index is 1.38. The highest BCUT2D eigenvalue weighted by Crippen LogP contribution is 2.56. The Morgan fingerprint density at radius 3 is 1.74 bits per heavy atom. The number of hydrogen-bond acceptors (Lipinski definition) is 3. The minimum atomic E-state index is -1.88. The van der Waals surface area contributed by atoms with E-state index in [0.717, 1.165) is 0 Å². The maximum absolute atomic E-state index is 2.79. The standard InChI is InChI=1S/C60H75BN2SSi/c1-36-31-46-52-47(32-36)63(45-25-19-38(56(5,6)7)34-49(45)65(16,17)18)54-51(40-33-37(55(2,3)4)20-26-48(40)64-54)61(52)44-24-23-42-50(60(14,15)30-29-58(42,10)11)53(44)62(46)39-21-22-41-43(35-39)59(12,13)28-27-57(41,8)9/h19-26,31-35H,27-30H2,1-18H3. The third kappa shape index (κ3) is 6.81. The zero-order valence-corrected chi connectivity index (χ0v) is 45.0. The van der Waals surface area contributed by atoms with Crippen molar-refractivity contribution < 1.29 is 0 Å². The smallest absolute Gasteiger partial charge is 0.254 e. The van der Waals surface area contributed by atoms with Crippen molar-refractivity contribution in [1.82, 2.24) is 0 Å². The Hall–Kier alpha value is -4.06. The second-order valence-corrected chi connectivity index (χ2v) is 32.6. The van der Waals surface area contributed by atoms with Crippen molar-refractivity contribution in [2.45, 2.75) is 182 Å². The molecular formula is C60H75BN2SSi. The van der Waals surface area contributed by atoms with Gasteiger partial charge < -0.3 is 9.80 Å². The summed E-state index contributed by atoms with van der Waals surface area (Å²) in [5, 5.41) is 4.33. The van der Waals surface area contributed by atoms with E-state index in [0.29, 0.717) is 0 Å². The van der Waals surface area contributed by atoms with Gasteiger partial charge in [0.05, 0.1) is 13.1 Å². The average Bonchev–Trinajstić information content (AvgIpc) is 3.58. The van der Waals surface area contributed by atoms with Crippen LogP contribution in [0.4, 0.5) is 33.4 Å². The van der Waals surface area contributed by atoms with Crippen molar-refractivity contribution in [2.24, 2.45) is 0 Å². The summed E-state index contributed by atoms with van der Waals surface area (Å²) in [6.07, 6.45) is 4.76. The van der Waals surface area contributed by atoms with Gasteiger partial charge in [0.15, 0.2) is 0 Å². The summed E-state index contributed by atoms with van der Waals surface area (Å²) in [4.78, 5) is 5.55. The predicted molar refractivity (Wildman–Crippen MR) is 292 cm³/mol. The van der Waals surface area contributed by atoms with Crippen LogP contribution in [-0.2, 0) is 32.5 Å². The lowest BCUT2D eigenvalue weighted by Crippen LogP contribution is -2.62. The highest BCUT2D eigenvalue weighted by Gasteiger charge is 2.50. The molecule has 4 aliphatic rings. The maximum Gasteiger partial charge on any atom is 0.254 e. The van der Waals surface area contributed by atoms with Gasteiger partial charge in [0, 0.05) is 33.1 Å². The fourth-order valence-electron chi connectivity index (χ4n) is 12.4. The molecule has 0 saturated carbocycles. The molecule has 3 heterocycles. The average molecular weight is 895 g/mol. The molecule has 2 aliphatic heterocycles. The van der Waals surface area contributed by atoms with E-state index in [2.05, 4.69) is 212 Å². The normalized spacial score (nSPS) is 19.1. The molecule has 1 aromatic heterocycles. The van der Waals surface area contributed by atoms with E-state index in [4.69, 9.17) is 0 Å². The Morgan fingerprint density at radius 1 is 0.554 bits per heavy atom. The summed E-state index contributed by atoms with van der Waals surface area (Å²) in [6, 6.07) is 32.9. The molecule has 2 aliphatic carbocycles. The van der Waals surface area contributed by atoms with Gasteiger partial charge in [-0.05, 0) is 167 Å². The van der Waals surface area contributed by atoms with Crippen LogP contribution in [0.1, 0.15) is 162 Å². The topological polar surface area (TPSA) is 6.48 Å². The Labute approximate surface area is 398 Å². The lowest BCUT2D eigenvalue weighted by Gasteiger charge is -2.50. The van der Waals surface area contributed by atoms with E-state index in [9.17, 15) is 0 Å². The predicted octanol–water partition coefficient (Wildman–Crippen LogP) is 15.1. The van der Waals surface area contributed by atoms with E-state index in [1.165, 1.54) is 124 Å². The molecule has 0 unspecified atom stereocenters. The number of anilines is 6. The molecule has 6 aromatic rings. The Kier molecular flexibility index (Phi) is 9.64. The molecule has 0 saturated heterocycles. The molecule has 2 nitrogen and oxygen atoms in total. The molecule has 338 valence electrons. The highest BCUT2D eigenvalue weighted by molar-refractivity contribution is 7.26. The van der Waals surface area contributed by atoms with Gasteiger partial charge in [-0.15, -0.1) is 11.3 Å². The number of hydrogen-bond donors (Lipinski definition) is 0. The van der Waals surface area contributed by atoms with E-state index in [1.807, 2.05) is 11.3 Å². The van der Waals surface area contributed by atoms with Crippen LogP contribution in [0.15, 0.2) is 78.9 Å². The van der Waals surface area contributed by atoms with Gasteiger partial charge in [-0.2, -0.15) is 0 Å². The molecular weight excluding hydrogens is 820 g/mol. The highest BCUT2D eigenvalue weighted by atomic mass is 32.1. The zero-order valence-electron chi connectivity index (χ0n) is 43.2. The Morgan fingerprint density at radius 2 is 1.11 bits per heavy atom. The molecule has 5 aromatic carbocycles. The molecule has 0 spiro atoms. The van der Waals surface area contributed by atoms with Crippen molar-refractivity contribution in [3.05, 3.63) is 118 Å². The van der Waals surface area contributed by atoms with Crippen molar-refractivity contribution >= 4 is 91.2 Å². The van der Waals surface area contributed by atoms with Gasteiger partial charge in [-0.1, -0.05) is 159 Å². The lowest BCUT2D eigenvalue weighted by molar-refractivity contribution is 0.331. The number of aryl methyl sites for hydroxylation is 1. The van der Waals surface area contributed by atoms with Crippen molar-refractivity contribution in [3.8, 4) is 0 Å². The first-order valence-corrected chi connectivity index (χ1v) is 29.1. The molecule has 0 radical (unpaired) electrons. The van der Waals surface area contributed by atoms with E-state index in [-0.39, 0.29) is 39.2 Å². The minimum Gasteiger partial charge on any atom is -0.311 e. The van der Waals surface area contributed by atoms with Crippen LogP contribution in [0.25, 0.3) is 10.1 Å². The zero-order chi connectivity index (χ0) is 46.9. The largest absolute Gasteiger partial charge is 0.311 e. The van der Waals surface area contributed by atoms with Gasteiger partial charge in [0.1, 0.15) is 0 Å². The van der Waals surface area contributed by atoms with Crippen LogP contribution in [0.2, 0.25) is 19.6 Å². The molecule has 10 rings (SSSR count). The van der Waals surface area contributed by atoms with Gasteiger partial charge in [0.25, 0.3) is 6.71 Å². The second-order valence-electron chi connectivity index (χ2n) is 26.5.